The van der Waals surface area contributed by atoms with Gasteiger partial charge in [0.15, 0.2) is 0 Å². The van der Waals surface area contributed by atoms with Gasteiger partial charge in [0.1, 0.15) is 0 Å². The van der Waals surface area contributed by atoms with E-state index in [1.54, 1.807) is 0 Å². The summed E-state index contributed by atoms with van der Waals surface area (Å²) in [5.74, 6) is -0.120. The third kappa shape index (κ3) is 2.97. The fourth-order valence-corrected chi connectivity index (χ4v) is 2.00. The van der Waals surface area contributed by atoms with Crippen molar-refractivity contribution in [3.63, 3.8) is 0 Å². The molecule has 0 aromatic heterocycles. The third-order valence-electron chi connectivity index (χ3n) is 2.10. The van der Waals surface area contributed by atoms with Gasteiger partial charge < -0.3 is 5.11 Å². The molecule has 0 unspecified atom stereocenters. The van der Waals surface area contributed by atoms with Crippen LogP contribution in [0.4, 0.5) is 0 Å². The van der Waals surface area contributed by atoms with Gasteiger partial charge in [-0.15, -0.1) is 0 Å². The van der Waals surface area contributed by atoms with Crippen LogP contribution in [0.2, 0.25) is 0 Å². The average Bonchev–Trinajstić information content (AvgIpc) is 1.77. The van der Waals surface area contributed by atoms with Crippen LogP contribution in [-0.2, 0) is 9.05 Å². The molecule has 5 heteroatoms. The maximum Gasteiger partial charge on any atom is 0.232 e. The summed E-state index contributed by atoms with van der Waals surface area (Å²) in [5.41, 5.74) is -0.734. The van der Waals surface area contributed by atoms with Gasteiger partial charge in [-0.2, -0.15) is 0 Å². The van der Waals surface area contributed by atoms with Crippen LogP contribution < -0.4 is 0 Å². The number of rotatable bonds is 3. The number of aliphatic hydroxyl groups is 1. The first kappa shape index (κ1) is 9.29. The SMILES string of the molecule is O=S(=O)(Cl)CCC1(O)CCC1. The van der Waals surface area contributed by atoms with Gasteiger partial charge in [0.05, 0.1) is 11.4 Å². The second kappa shape index (κ2) is 2.92. The van der Waals surface area contributed by atoms with Crippen molar-refractivity contribution in [3.8, 4) is 0 Å². The molecule has 1 N–H and O–H groups in total. The molecule has 1 aliphatic rings. The third-order valence-corrected chi connectivity index (χ3v) is 3.25. The Morgan fingerprint density at radius 2 is 2.00 bits per heavy atom. The maximum atomic E-state index is 10.5. The second-order valence-electron chi connectivity index (χ2n) is 3.07. The highest BCUT2D eigenvalue weighted by molar-refractivity contribution is 8.13. The zero-order chi connectivity index (χ0) is 8.54. The molecule has 0 radical (unpaired) electrons. The predicted octanol–water partition coefficient (Wildman–Crippen LogP) is 0.860. The van der Waals surface area contributed by atoms with E-state index in [-0.39, 0.29) is 12.2 Å². The molecule has 0 aromatic rings. The lowest BCUT2D eigenvalue weighted by Gasteiger charge is -2.36. The summed E-state index contributed by atoms with van der Waals surface area (Å²) in [6.45, 7) is 0. The minimum absolute atomic E-state index is 0.120. The van der Waals surface area contributed by atoms with E-state index in [1.165, 1.54) is 0 Å². The lowest BCUT2D eigenvalue weighted by atomic mass is 9.78. The van der Waals surface area contributed by atoms with E-state index in [9.17, 15) is 13.5 Å². The van der Waals surface area contributed by atoms with Crippen molar-refractivity contribution in [1.29, 1.82) is 0 Å². The van der Waals surface area contributed by atoms with E-state index in [0.29, 0.717) is 12.8 Å². The standard InChI is InChI=1S/C6H11ClO3S/c7-11(9,10)5-4-6(8)2-1-3-6/h8H,1-5H2. The molecule has 0 aliphatic heterocycles. The van der Waals surface area contributed by atoms with Crippen molar-refractivity contribution in [2.45, 2.75) is 31.3 Å². The van der Waals surface area contributed by atoms with Crippen LogP contribution in [-0.4, -0.2) is 24.9 Å². The quantitative estimate of drug-likeness (QED) is 0.685. The van der Waals surface area contributed by atoms with Gasteiger partial charge in [-0.05, 0) is 25.7 Å². The zero-order valence-electron chi connectivity index (χ0n) is 6.09. The van der Waals surface area contributed by atoms with Crippen molar-refractivity contribution in [3.05, 3.63) is 0 Å². The monoisotopic (exact) mass is 198 g/mol. The Balaban J connectivity index is 2.33. The minimum atomic E-state index is -3.42. The summed E-state index contributed by atoms with van der Waals surface area (Å²) in [5, 5.41) is 9.45. The topological polar surface area (TPSA) is 54.4 Å². The fraction of sp³-hybridized carbons (Fsp3) is 1.00. The Labute approximate surface area is 70.8 Å². The summed E-state index contributed by atoms with van der Waals surface area (Å²) >= 11 is 0. The van der Waals surface area contributed by atoms with Crippen molar-refractivity contribution >= 4 is 19.7 Å². The first-order valence-corrected chi connectivity index (χ1v) is 6.04. The molecular weight excluding hydrogens is 188 g/mol. The van der Waals surface area contributed by atoms with Crippen LogP contribution in [0.5, 0.6) is 0 Å². The zero-order valence-corrected chi connectivity index (χ0v) is 7.66. The summed E-state index contributed by atoms with van der Waals surface area (Å²) in [7, 11) is 1.56. The van der Waals surface area contributed by atoms with E-state index in [0.717, 1.165) is 6.42 Å². The highest BCUT2D eigenvalue weighted by atomic mass is 35.7. The first-order valence-electron chi connectivity index (χ1n) is 3.56. The van der Waals surface area contributed by atoms with Gasteiger partial charge in [0.2, 0.25) is 9.05 Å². The van der Waals surface area contributed by atoms with Crippen molar-refractivity contribution in [2.24, 2.45) is 0 Å². The Hall–Kier alpha value is 0.200. The first-order chi connectivity index (χ1) is 4.91. The molecule has 1 saturated carbocycles. The van der Waals surface area contributed by atoms with Crippen molar-refractivity contribution in [2.75, 3.05) is 5.75 Å². The Morgan fingerprint density at radius 1 is 1.45 bits per heavy atom. The Bertz CT molecular complexity index is 230. The molecule has 1 fully saturated rings. The largest absolute Gasteiger partial charge is 0.390 e. The summed E-state index contributed by atoms with van der Waals surface area (Å²) < 4.78 is 20.9. The summed E-state index contributed by atoms with van der Waals surface area (Å²) in [6.07, 6.45) is 2.68. The van der Waals surface area contributed by atoms with Gasteiger partial charge in [-0.1, -0.05) is 0 Å². The lowest BCUT2D eigenvalue weighted by molar-refractivity contribution is -0.0351. The van der Waals surface area contributed by atoms with Crippen LogP contribution in [0.3, 0.4) is 0 Å². The van der Waals surface area contributed by atoms with E-state index >= 15 is 0 Å². The van der Waals surface area contributed by atoms with Crippen molar-refractivity contribution < 1.29 is 13.5 Å². The fourth-order valence-electron chi connectivity index (χ4n) is 1.15. The molecule has 66 valence electrons. The minimum Gasteiger partial charge on any atom is -0.390 e. The molecular formula is C6H11ClO3S. The van der Waals surface area contributed by atoms with Gasteiger partial charge in [-0.3, -0.25) is 0 Å². The second-order valence-corrected chi connectivity index (χ2v) is 5.97. The van der Waals surface area contributed by atoms with Gasteiger partial charge in [0, 0.05) is 10.7 Å². The van der Waals surface area contributed by atoms with Gasteiger partial charge >= 0.3 is 0 Å². The Morgan fingerprint density at radius 3 is 2.27 bits per heavy atom. The van der Waals surface area contributed by atoms with Gasteiger partial charge in [-0.25, -0.2) is 8.42 Å². The van der Waals surface area contributed by atoms with Crippen molar-refractivity contribution in [1.82, 2.24) is 0 Å². The smallest absolute Gasteiger partial charge is 0.232 e. The number of hydrogen-bond acceptors (Lipinski definition) is 3. The van der Waals surface area contributed by atoms with E-state index in [4.69, 9.17) is 10.7 Å². The molecule has 0 atom stereocenters. The average molecular weight is 199 g/mol. The molecule has 1 rings (SSSR count). The number of hydrogen-bond donors (Lipinski definition) is 1. The van der Waals surface area contributed by atoms with E-state index in [1.807, 2.05) is 0 Å². The van der Waals surface area contributed by atoms with Crippen LogP contribution in [0.25, 0.3) is 0 Å². The highest BCUT2D eigenvalue weighted by Crippen LogP contribution is 2.34. The van der Waals surface area contributed by atoms with Gasteiger partial charge in [0.25, 0.3) is 0 Å². The summed E-state index contributed by atoms with van der Waals surface area (Å²) in [4.78, 5) is 0. The normalized spacial score (nSPS) is 22.7. The van der Waals surface area contributed by atoms with Crippen LogP contribution >= 0.6 is 10.7 Å². The molecule has 1 aliphatic carbocycles. The number of halogens is 1. The molecule has 0 spiro atoms. The molecule has 0 amide bonds. The van der Waals surface area contributed by atoms with Crippen LogP contribution in [0.1, 0.15) is 25.7 Å². The Kier molecular flexibility index (Phi) is 2.46. The predicted molar refractivity (Wildman–Crippen MR) is 43.1 cm³/mol. The highest BCUT2D eigenvalue weighted by Gasteiger charge is 2.34. The van der Waals surface area contributed by atoms with E-state index in [2.05, 4.69) is 0 Å². The molecule has 0 bridgehead atoms. The molecule has 11 heavy (non-hydrogen) atoms. The molecule has 0 aromatic carbocycles. The van der Waals surface area contributed by atoms with E-state index < -0.39 is 14.7 Å². The molecule has 0 saturated heterocycles. The lowest BCUT2D eigenvalue weighted by Crippen LogP contribution is -2.38. The molecule has 3 nitrogen and oxygen atoms in total. The van der Waals surface area contributed by atoms with Crippen LogP contribution in [0, 0.1) is 0 Å². The molecule has 0 heterocycles. The maximum absolute atomic E-state index is 10.5. The van der Waals surface area contributed by atoms with Crippen LogP contribution in [0.15, 0.2) is 0 Å². The summed E-state index contributed by atoms with van der Waals surface area (Å²) in [6, 6.07) is 0.